The Labute approximate surface area is 177 Å². The zero-order chi connectivity index (χ0) is 21.3. The minimum absolute atomic E-state index is 0.0256. The minimum atomic E-state index is -3.81. The fraction of sp³-hybridized carbons (Fsp3) is 0.250. The molecule has 0 unspecified atom stereocenters. The molecule has 2 heterocycles. The second-order valence-electron chi connectivity index (χ2n) is 6.99. The van der Waals surface area contributed by atoms with Gasteiger partial charge in [-0.15, -0.1) is 10.2 Å². The van der Waals surface area contributed by atoms with Gasteiger partial charge in [0.25, 0.3) is 5.91 Å². The van der Waals surface area contributed by atoms with Crippen molar-refractivity contribution in [1.82, 2.24) is 14.5 Å². The van der Waals surface area contributed by atoms with E-state index in [1.807, 2.05) is 19.1 Å². The van der Waals surface area contributed by atoms with E-state index < -0.39 is 27.8 Å². The number of rotatable bonds is 5. The number of hydrogen-bond acceptors (Lipinski definition) is 6. The van der Waals surface area contributed by atoms with Crippen molar-refractivity contribution in [2.75, 3.05) is 11.9 Å². The molecular weight excluding hydrogens is 427 g/mol. The number of anilines is 1. The molecule has 1 aliphatic rings. The first kappa shape index (κ1) is 20.6. The third-order valence-electron chi connectivity index (χ3n) is 4.85. The van der Waals surface area contributed by atoms with Gasteiger partial charge >= 0.3 is 0 Å². The number of carbonyl (C=O) groups is 1. The summed E-state index contributed by atoms with van der Waals surface area (Å²) in [5, 5.41) is 11.4. The van der Waals surface area contributed by atoms with Crippen molar-refractivity contribution < 1.29 is 17.6 Å². The normalized spacial score (nSPS) is 17.2. The summed E-state index contributed by atoms with van der Waals surface area (Å²) in [6, 6.07) is 11.6. The summed E-state index contributed by atoms with van der Waals surface area (Å²) in [7, 11) is -3.81. The van der Waals surface area contributed by atoms with Crippen LogP contribution in [0.3, 0.4) is 0 Å². The molecule has 156 valence electrons. The molecule has 1 saturated heterocycles. The second-order valence-corrected chi connectivity index (χ2v) is 9.89. The van der Waals surface area contributed by atoms with E-state index in [1.165, 1.54) is 16.4 Å². The Balaban J connectivity index is 1.54. The average Bonchev–Trinajstić information content (AvgIpc) is 3.40. The lowest BCUT2D eigenvalue weighted by atomic mass is 10.2. The summed E-state index contributed by atoms with van der Waals surface area (Å²) >= 11 is 1.08. The van der Waals surface area contributed by atoms with Gasteiger partial charge < -0.3 is 5.32 Å². The van der Waals surface area contributed by atoms with Gasteiger partial charge in [-0.05, 0) is 56.2 Å². The minimum Gasteiger partial charge on any atom is -0.320 e. The number of halogens is 1. The molecule has 1 amide bonds. The van der Waals surface area contributed by atoms with E-state index in [9.17, 15) is 17.6 Å². The third kappa shape index (κ3) is 4.11. The van der Waals surface area contributed by atoms with E-state index in [-0.39, 0.29) is 9.90 Å². The predicted octanol–water partition coefficient (Wildman–Crippen LogP) is 3.76. The van der Waals surface area contributed by atoms with Gasteiger partial charge in [-0.3, -0.25) is 4.79 Å². The average molecular weight is 447 g/mol. The topological polar surface area (TPSA) is 92.3 Å². The quantitative estimate of drug-likeness (QED) is 0.644. The maximum absolute atomic E-state index is 13.2. The maximum Gasteiger partial charge on any atom is 0.286 e. The molecule has 1 fully saturated rings. The molecule has 1 aromatic heterocycles. The molecule has 1 N–H and O–H groups in total. The van der Waals surface area contributed by atoms with Crippen LogP contribution < -0.4 is 5.32 Å². The first-order valence-corrected chi connectivity index (χ1v) is 11.6. The Morgan fingerprint density at radius 1 is 1.13 bits per heavy atom. The number of nitrogens with zero attached hydrogens (tertiary/aromatic N) is 3. The maximum atomic E-state index is 13.2. The van der Waals surface area contributed by atoms with Crippen LogP contribution in [0.2, 0.25) is 0 Å². The van der Waals surface area contributed by atoms with Crippen LogP contribution in [0.5, 0.6) is 0 Å². The van der Waals surface area contributed by atoms with Gasteiger partial charge in [-0.1, -0.05) is 29.0 Å². The molecule has 0 radical (unpaired) electrons. The van der Waals surface area contributed by atoms with Crippen molar-refractivity contribution in [2.24, 2.45) is 0 Å². The van der Waals surface area contributed by atoms with Gasteiger partial charge in [0.2, 0.25) is 15.0 Å². The number of nitrogens with one attached hydrogen (secondary N) is 1. The van der Waals surface area contributed by atoms with Crippen LogP contribution in [0, 0.1) is 12.7 Å². The molecule has 7 nitrogen and oxygen atoms in total. The molecule has 1 atom stereocenters. The van der Waals surface area contributed by atoms with Gasteiger partial charge in [-0.2, -0.15) is 4.31 Å². The molecule has 4 rings (SSSR count). The molecule has 10 heteroatoms. The number of carbonyl (C=O) groups excluding carboxylic acids is 1. The predicted molar refractivity (Wildman–Crippen MR) is 111 cm³/mol. The summed E-state index contributed by atoms with van der Waals surface area (Å²) in [5.74, 6) is -0.895. The van der Waals surface area contributed by atoms with Crippen LogP contribution in [0.4, 0.5) is 10.1 Å². The van der Waals surface area contributed by atoms with Gasteiger partial charge in [0, 0.05) is 12.2 Å². The first-order valence-electron chi connectivity index (χ1n) is 9.33. The van der Waals surface area contributed by atoms with E-state index in [1.54, 1.807) is 12.1 Å². The number of amides is 1. The molecule has 0 aliphatic carbocycles. The number of aryl methyl sites for hydroxylation is 1. The summed E-state index contributed by atoms with van der Waals surface area (Å²) in [6.45, 7) is 2.28. The monoisotopic (exact) mass is 446 g/mol. The lowest BCUT2D eigenvalue weighted by Crippen LogP contribution is -2.30. The highest BCUT2D eigenvalue weighted by atomic mass is 32.2. The zero-order valence-corrected chi connectivity index (χ0v) is 17.7. The largest absolute Gasteiger partial charge is 0.320 e. The highest BCUT2D eigenvalue weighted by Crippen LogP contribution is 2.37. The number of aromatic nitrogens is 2. The molecule has 3 aromatic rings. The molecule has 1 aliphatic heterocycles. The molecule has 0 spiro atoms. The molecule has 0 saturated carbocycles. The number of benzene rings is 2. The highest BCUT2D eigenvalue weighted by Gasteiger charge is 2.38. The fourth-order valence-corrected chi connectivity index (χ4v) is 5.91. The van der Waals surface area contributed by atoms with E-state index in [0.29, 0.717) is 30.1 Å². The lowest BCUT2D eigenvalue weighted by Gasteiger charge is -2.22. The molecule has 2 aromatic carbocycles. The Bertz CT molecular complexity index is 1160. The van der Waals surface area contributed by atoms with Crippen LogP contribution in [-0.2, 0) is 10.0 Å². The smallest absolute Gasteiger partial charge is 0.286 e. The summed E-state index contributed by atoms with van der Waals surface area (Å²) < 4.78 is 40.6. The summed E-state index contributed by atoms with van der Waals surface area (Å²) in [5.41, 5.74) is 1.72. The van der Waals surface area contributed by atoms with E-state index in [0.717, 1.165) is 29.0 Å². The van der Waals surface area contributed by atoms with E-state index >= 15 is 0 Å². The Morgan fingerprint density at radius 3 is 2.53 bits per heavy atom. The first-order chi connectivity index (χ1) is 14.3. The van der Waals surface area contributed by atoms with Gasteiger partial charge in [0.05, 0.1) is 10.9 Å². The van der Waals surface area contributed by atoms with Crippen molar-refractivity contribution in [3.8, 4) is 0 Å². The van der Waals surface area contributed by atoms with Crippen molar-refractivity contribution >= 4 is 33.0 Å². The standard InChI is InChI=1S/C20H19FN4O3S2/c1-13-4-8-15(9-5-13)22-18(26)20-24-23-19(29-20)17-3-2-12-25(17)30(27,28)16-10-6-14(21)7-11-16/h4-11,17H,2-3,12H2,1H3,(H,22,26)/t17-/m1/s1. The van der Waals surface area contributed by atoms with Crippen LogP contribution in [0.15, 0.2) is 53.4 Å². The molecule has 30 heavy (non-hydrogen) atoms. The highest BCUT2D eigenvalue weighted by molar-refractivity contribution is 7.89. The van der Waals surface area contributed by atoms with Crippen molar-refractivity contribution in [3.63, 3.8) is 0 Å². The summed E-state index contributed by atoms with van der Waals surface area (Å²) in [4.78, 5) is 12.5. The summed E-state index contributed by atoms with van der Waals surface area (Å²) in [6.07, 6.45) is 1.24. The molecule has 0 bridgehead atoms. The van der Waals surface area contributed by atoms with E-state index in [2.05, 4.69) is 15.5 Å². The van der Waals surface area contributed by atoms with Crippen LogP contribution >= 0.6 is 11.3 Å². The number of hydrogen-bond donors (Lipinski definition) is 1. The van der Waals surface area contributed by atoms with Gasteiger partial charge in [-0.25, -0.2) is 12.8 Å². The zero-order valence-electron chi connectivity index (χ0n) is 16.1. The van der Waals surface area contributed by atoms with E-state index in [4.69, 9.17) is 0 Å². The van der Waals surface area contributed by atoms with Crippen LogP contribution in [0.25, 0.3) is 0 Å². The Kier molecular flexibility index (Phi) is 5.63. The van der Waals surface area contributed by atoms with Gasteiger partial charge in [0.1, 0.15) is 10.8 Å². The van der Waals surface area contributed by atoms with Crippen molar-refractivity contribution in [3.05, 3.63) is 69.9 Å². The fourth-order valence-electron chi connectivity index (χ4n) is 3.30. The van der Waals surface area contributed by atoms with Crippen LogP contribution in [0.1, 0.15) is 39.3 Å². The Morgan fingerprint density at radius 2 is 1.83 bits per heavy atom. The van der Waals surface area contributed by atoms with Gasteiger partial charge in [0.15, 0.2) is 0 Å². The van der Waals surface area contributed by atoms with Crippen LogP contribution in [-0.4, -0.2) is 35.4 Å². The third-order valence-corrected chi connectivity index (χ3v) is 7.80. The van der Waals surface area contributed by atoms with Crippen molar-refractivity contribution in [2.45, 2.75) is 30.7 Å². The Hall–Kier alpha value is -2.69. The lowest BCUT2D eigenvalue weighted by molar-refractivity contribution is 0.102. The number of sulfonamides is 1. The van der Waals surface area contributed by atoms with Crippen molar-refractivity contribution in [1.29, 1.82) is 0 Å². The second kappa shape index (κ2) is 8.21. The molecular formula is C20H19FN4O3S2. The SMILES string of the molecule is Cc1ccc(NC(=O)c2nnc([C@H]3CCCN3S(=O)(=O)c3ccc(F)cc3)s2)cc1.